The molecule has 35 heavy (non-hydrogen) atoms. The number of fused-ring (bicyclic) bond motifs is 3. The minimum atomic E-state index is 0.585. The minimum Gasteiger partial charge on any atom is -0.364 e. The van der Waals surface area contributed by atoms with Gasteiger partial charge in [0.1, 0.15) is 5.01 Å². The molecule has 2 fully saturated rings. The average molecular weight is 637 g/mol. The van der Waals surface area contributed by atoms with Crippen LogP contribution in [0.25, 0.3) is 42.3 Å². The summed E-state index contributed by atoms with van der Waals surface area (Å²) < 4.78 is 1.94. The fourth-order valence-electron chi connectivity index (χ4n) is 5.16. The normalized spacial score (nSPS) is 22.0. The molecular formula is C23H26IN8PS2. The second kappa shape index (κ2) is 9.33. The Hall–Kier alpha value is -1.66. The van der Waals surface area contributed by atoms with E-state index >= 15 is 0 Å². The zero-order valence-corrected chi connectivity index (χ0v) is 24.5. The Morgan fingerprint density at radius 2 is 2.00 bits per heavy atom. The number of aromatic amines is 1. The molecule has 2 aliphatic rings. The first-order chi connectivity index (χ1) is 17.0. The number of nitrogens with zero attached hydrogens (tertiary/aromatic N) is 6. The van der Waals surface area contributed by atoms with E-state index in [0.717, 1.165) is 53.4 Å². The Morgan fingerprint density at radius 3 is 2.63 bits per heavy atom. The number of halogens is 1. The van der Waals surface area contributed by atoms with Crippen molar-refractivity contribution in [3.63, 3.8) is 0 Å². The lowest BCUT2D eigenvalue weighted by atomic mass is 9.87. The van der Waals surface area contributed by atoms with Crippen LogP contribution in [0.5, 0.6) is 0 Å². The summed E-state index contributed by atoms with van der Waals surface area (Å²) in [6.45, 7) is 6.11. The minimum absolute atomic E-state index is 0.585. The molecule has 0 spiro atoms. The number of nitrogens with one attached hydrogen (secondary N) is 2. The molecule has 0 aliphatic carbocycles. The predicted octanol–water partition coefficient (Wildman–Crippen LogP) is 6.63. The van der Waals surface area contributed by atoms with Gasteiger partial charge in [0.05, 0.1) is 24.3 Å². The Kier molecular flexibility index (Phi) is 6.33. The summed E-state index contributed by atoms with van der Waals surface area (Å²) in [5.74, 6) is 0. The van der Waals surface area contributed by atoms with Crippen LogP contribution >= 0.6 is 51.1 Å². The molecule has 2 saturated heterocycles. The van der Waals surface area contributed by atoms with Gasteiger partial charge in [-0.1, -0.05) is 28.7 Å². The van der Waals surface area contributed by atoms with Crippen molar-refractivity contribution in [3.8, 4) is 21.7 Å². The fraction of sp³-hybridized carbons (Fsp3) is 0.391. The van der Waals surface area contributed by atoms with Crippen LogP contribution in [0.15, 0.2) is 30.7 Å². The number of anilines is 1. The predicted molar refractivity (Wildman–Crippen MR) is 157 cm³/mol. The Bertz CT molecular complexity index is 1470. The van der Waals surface area contributed by atoms with E-state index in [-0.39, 0.29) is 0 Å². The van der Waals surface area contributed by atoms with Crippen molar-refractivity contribution in [1.29, 1.82) is 0 Å². The Balaban J connectivity index is 0.000000212. The van der Waals surface area contributed by atoms with Crippen molar-refractivity contribution in [2.45, 2.75) is 44.7 Å². The molecule has 8 nitrogen and oxygen atoms in total. The van der Waals surface area contributed by atoms with Crippen LogP contribution in [0.4, 0.5) is 5.13 Å². The molecule has 0 radical (unpaired) electrons. The molecule has 12 heteroatoms. The first-order valence-electron chi connectivity index (χ1n) is 11.6. The lowest BCUT2D eigenvalue weighted by Gasteiger charge is -2.47. The lowest BCUT2D eigenvalue weighted by molar-refractivity contribution is 0.0177. The first-order valence-corrected chi connectivity index (χ1v) is 17.3. The second-order valence-corrected chi connectivity index (χ2v) is 13.3. The maximum absolute atomic E-state index is 4.77. The van der Waals surface area contributed by atoms with Crippen LogP contribution in [0.2, 0.25) is 0 Å². The number of aromatic nitrogens is 6. The third kappa shape index (κ3) is 4.19. The highest BCUT2D eigenvalue weighted by molar-refractivity contribution is 14.2. The van der Waals surface area contributed by atoms with Gasteiger partial charge in [0, 0.05) is 47.9 Å². The molecule has 0 saturated carbocycles. The molecule has 0 amide bonds. The average Bonchev–Trinajstić information content (AvgIpc) is 3.65. The van der Waals surface area contributed by atoms with E-state index in [4.69, 9.17) is 4.98 Å². The maximum atomic E-state index is 4.77. The molecule has 182 valence electrons. The number of hydrogen-bond acceptors (Lipinski definition) is 8. The molecule has 1 aromatic carbocycles. The Morgan fingerprint density at radius 1 is 1.17 bits per heavy atom. The molecule has 4 aromatic heterocycles. The van der Waals surface area contributed by atoms with E-state index < -0.39 is 0 Å². The van der Waals surface area contributed by atoms with Gasteiger partial charge in [-0.3, -0.25) is 10.00 Å². The molecule has 6 heterocycles. The third-order valence-corrected chi connectivity index (χ3v) is 11.2. The van der Waals surface area contributed by atoms with E-state index in [1.807, 2.05) is 23.9 Å². The zero-order valence-electron chi connectivity index (χ0n) is 19.7. The van der Waals surface area contributed by atoms with Gasteiger partial charge >= 0.3 is 0 Å². The topological polar surface area (TPSA) is 87.5 Å². The SMILES string of the molecule is CC1CCC2(C)CCN12.CNc1nc2sc(-c3ccc(-c4cnn(PI)c4)c4cn[nH]c34)nc2s1. The van der Waals surface area contributed by atoms with Crippen molar-refractivity contribution < 1.29 is 0 Å². The summed E-state index contributed by atoms with van der Waals surface area (Å²) in [6.07, 6.45) is 10.7. The van der Waals surface area contributed by atoms with Gasteiger partial charge in [-0.15, -0.1) is 0 Å². The highest BCUT2D eigenvalue weighted by Crippen LogP contribution is 2.43. The van der Waals surface area contributed by atoms with E-state index in [1.165, 1.54) is 25.8 Å². The third-order valence-electron chi connectivity index (χ3n) is 7.23. The highest BCUT2D eigenvalue weighted by atomic mass is 127. The molecule has 5 aromatic rings. The van der Waals surface area contributed by atoms with E-state index in [0.29, 0.717) is 11.9 Å². The summed E-state index contributed by atoms with van der Waals surface area (Å²) in [5, 5.41) is 17.8. The van der Waals surface area contributed by atoms with Crippen LogP contribution < -0.4 is 5.32 Å². The summed E-state index contributed by atoms with van der Waals surface area (Å²) in [7, 11) is 1.87. The molecule has 0 bridgehead atoms. The number of hydrogen-bond donors (Lipinski definition) is 2. The summed E-state index contributed by atoms with van der Waals surface area (Å²) in [6, 6.07) is 5.09. The quantitative estimate of drug-likeness (QED) is 0.170. The van der Waals surface area contributed by atoms with Gasteiger partial charge in [-0.25, -0.2) is 14.4 Å². The fourth-order valence-corrected chi connectivity index (χ4v) is 8.17. The molecule has 3 unspecified atom stereocenters. The number of thiazole rings is 2. The summed E-state index contributed by atoms with van der Waals surface area (Å²) in [5.41, 5.74) is 4.88. The summed E-state index contributed by atoms with van der Waals surface area (Å²) in [4.78, 5) is 13.9. The molecular weight excluding hydrogens is 610 g/mol. The zero-order chi connectivity index (χ0) is 24.2. The van der Waals surface area contributed by atoms with E-state index in [1.54, 1.807) is 22.7 Å². The van der Waals surface area contributed by atoms with Crippen molar-refractivity contribution in [2.75, 3.05) is 18.9 Å². The molecule has 2 aliphatic heterocycles. The molecule has 2 N–H and O–H groups in total. The van der Waals surface area contributed by atoms with Crippen molar-refractivity contribution in [1.82, 2.24) is 34.6 Å². The first kappa shape index (κ1) is 23.7. The van der Waals surface area contributed by atoms with Gasteiger partial charge in [-0.05, 0) is 66.8 Å². The second-order valence-electron chi connectivity index (χ2n) is 9.30. The van der Waals surface area contributed by atoms with Crippen LogP contribution in [-0.4, -0.2) is 59.8 Å². The van der Waals surface area contributed by atoms with E-state index in [9.17, 15) is 0 Å². The number of H-pyrrole nitrogens is 1. The maximum Gasteiger partial charge on any atom is 0.185 e. The van der Waals surface area contributed by atoms with Gasteiger partial charge in [0.2, 0.25) is 0 Å². The highest BCUT2D eigenvalue weighted by Gasteiger charge is 2.47. The largest absolute Gasteiger partial charge is 0.364 e. The van der Waals surface area contributed by atoms with Crippen molar-refractivity contribution in [3.05, 3.63) is 30.7 Å². The van der Waals surface area contributed by atoms with Gasteiger partial charge in [0.25, 0.3) is 0 Å². The van der Waals surface area contributed by atoms with Crippen LogP contribution in [-0.2, 0) is 0 Å². The van der Waals surface area contributed by atoms with E-state index in [2.05, 4.69) is 84.7 Å². The van der Waals surface area contributed by atoms with Crippen molar-refractivity contribution in [2.24, 2.45) is 0 Å². The Labute approximate surface area is 226 Å². The van der Waals surface area contributed by atoms with Gasteiger partial charge < -0.3 is 5.32 Å². The number of benzene rings is 1. The monoisotopic (exact) mass is 636 g/mol. The lowest BCUT2D eigenvalue weighted by Crippen LogP contribution is -2.55. The molecule has 7 rings (SSSR count). The summed E-state index contributed by atoms with van der Waals surface area (Å²) >= 11 is 5.48. The molecule has 3 atom stereocenters. The smallest absolute Gasteiger partial charge is 0.185 e. The van der Waals surface area contributed by atoms with Crippen molar-refractivity contribution >= 4 is 76.8 Å². The number of rotatable bonds is 4. The van der Waals surface area contributed by atoms with Gasteiger partial charge in [-0.2, -0.15) is 10.2 Å². The van der Waals surface area contributed by atoms with Crippen LogP contribution in [0.3, 0.4) is 0 Å². The van der Waals surface area contributed by atoms with Gasteiger partial charge in [0.15, 0.2) is 14.8 Å². The van der Waals surface area contributed by atoms with Crippen LogP contribution in [0.1, 0.15) is 33.1 Å². The standard InChI is InChI=1S/C15H11IN7PS2.C8H15N/c1-17-15-21-14-13(26-15)20-12(25-14)9-3-2-8(10-5-18-22-11(9)10)7-4-19-23(6-7)24-16;1-7-3-4-8(2)5-6-9(7)8/h2-6,24H,1H3,(H,17,21)(H,18,22);7H,3-6H2,1-2H3. The van der Waals surface area contributed by atoms with Crippen LogP contribution in [0, 0.1) is 0 Å².